The van der Waals surface area contributed by atoms with E-state index in [0.29, 0.717) is 17.0 Å². The van der Waals surface area contributed by atoms with Crippen molar-refractivity contribution >= 4 is 22.4 Å². The molecule has 0 bridgehead atoms. The van der Waals surface area contributed by atoms with Gasteiger partial charge in [-0.15, -0.1) is 0 Å². The van der Waals surface area contributed by atoms with E-state index < -0.39 is 4.92 Å². The average molecular weight is 266 g/mol. The first-order valence-corrected chi connectivity index (χ1v) is 5.95. The van der Waals surface area contributed by atoms with E-state index in [-0.39, 0.29) is 5.88 Å². The molecule has 3 rings (SSSR count). The third kappa shape index (κ3) is 2.05. The Morgan fingerprint density at radius 2 is 1.95 bits per heavy atom. The zero-order chi connectivity index (χ0) is 14.1. The normalized spacial score (nSPS) is 10.6. The summed E-state index contributed by atoms with van der Waals surface area (Å²) in [6.07, 6.45) is 0. The molecule has 2 heterocycles. The molecule has 0 aliphatic heterocycles. The molecule has 0 aliphatic carbocycles. The van der Waals surface area contributed by atoms with E-state index in [4.69, 9.17) is 4.42 Å². The van der Waals surface area contributed by atoms with Crippen LogP contribution in [-0.4, -0.2) is 9.91 Å². The van der Waals surface area contributed by atoms with Crippen LogP contribution in [0, 0.1) is 10.1 Å². The third-order valence-electron chi connectivity index (χ3n) is 2.98. The molecule has 3 aromatic rings. The number of aromatic nitrogens is 1. The maximum absolute atomic E-state index is 10.6. The van der Waals surface area contributed by atoms with Gasteiger partial charge in [-0.05, 0) is 18.2 Å². The quantitative estimate of drug-likeness (QED) is 0.534. The van der Waals surface area contributed by atoms with E-state index in [1.807, 2.05) is 36.4 Å². The minimum atomic E-state index is -0.579. The molecule has 0 spiro atoms. The largest absolute Gasteiger partial charge is 0.433 e. The summed E-state index contributed by atoms with van der Waals surface area (Å²) in [5.41, 5.74) is 1.99. The highest BCUT2D eigenvalue weighted by Gasteiger charge is 2.15. The summed E-state index contributed by atoms with van der Waals surface area (Å²) >= 11 is 0. The number of rotatable bonds is 3. The highest BCUT2D eigenvalue weighted by Crippen LogP contribution is 2.26. The molecule has 98 valence electrons. The highest BCUT2D eigenvalue weighted by atomic mass is 16.6. The first-order chi connectivity index (χ1) is 9.65. The van der Waals surface area contributed by atoms with Crippen molar-refractivity contribution < 1.29 is 9.34 Å². The van der Waals surface area contributed by atoms with Crippen LogP contribution in [0.15, 0.2) is 59.5 Å². The van der Waals surface area contributed by atoms with Gasteiger partial charge in [0.2, 0.25) is 0 Å². The van der Waals surface area contributed by atoms with E-state index in [1.54, 1.807) is 0 Å². The van der Waals surface area contributed by atoms with E-state index in [0.717, 1.165) is 10.9 Å². The number of nitro groups is 1. The number of benzene rings is 1. The Balaban J connectivity index is 2.00. The molecule has 0 aliphatic rings. The van der Waals surface area contributed by atoms with E-state index in [9.17, 15) is 10.1 Å². The van der Waals surface area contributed by atoms with E-state index >= 15 is 0 Å². The molecule has 0 fully saturated rings. The van der Waals surface area contributed by atoms with Crippen LogP contribution in [0.5, 0.6) is 0 Å². The highest BCUT2D eigenvalue weighted by molar-refractivity contribution is 5.82. The predicted molar refractivity (Wildman–Crippen MR) is 75.2 cm³/mol. The summed E-state index contributed by atoms with van der Waals surface area (Å²) in [6, 6.07) is 14.3. The van der Waals surface area contributed by atoms with Gasteiger partial charge in [0.15, 0.2) is 0 Å². The maximum atomic E-state index is 10.6. The lowest BCUT2D eigenvalue weighted by Crippen LogP contribution is -1.90. The lowest BCUT2D eigenvalue weighted by molar-refractivity contribution is -0.402. The number of fused-ring (bicyclic) bond motifs is 1. The minimum absolute atomic E-state index is 0.304. The van der Waals surface area contributed by atoms with Crippen molar-refractivity contribution in [1.29, 1.82) is 0 Å². The van der Waals surface area contributed by atoms with Gasteiger partial charge < -0.3 is 4.42 Å². The molecule has 0 amide bonds. The number of hydrogen-bond acceptors (Lipinski definition) is 4. The van der Waals surface area contributed by atoms with Gasteiger partial charge in [-0.3, -0.25) is 10.1 Å². The molecule has 0 saturated heterocycles. The van der Waals surface area contributed by atoms with Crippen molar-refractivity contribution in [3.8, 4) is 0 Å². The maximum Gasteiger partial charge on any atom is 0.433 e. The van der Waals surface area contributed by atoms with Gasteiger partial charge in [0, 0.05) is 11.0 Å². The van der Waals surface area contributed by atoms with Gasteiger partial charge in [0.25, 0.3) is 0 Å². The van der Waals surface area contributed by atoms with Crippen LogP contribution in [0.4, 0.5) is 5.88 Å². The molecule has 0 saturated carbocycles. The third-order valence-corrected chi connectivity index (χ3v) is 2.98. The Morgan fingerprint density at radius 1 is 1.15 bits per heavy atom. The molecule has 0 unspecified atom stereocenters. The SMILES string of the molecule is C=C(c1ccc2ccccc2n1)c1ccc([N+](=O)[O-])o1. The van der Waals surface area contributed by atoms with Crippen molar-refractivity contribution in [2.75, 3.05) is 0 Å². The Labute approximate surface area is 114 Å². The molecule has 2 aromatic heterocycles. The van der Waals surface area contributed by atoms with E-state index in [2.05, 4.69) is 11.6 Å². The molecular weight excluding hydrogens is 256 g/mol. The Morgan fingerprint density at radius 3 is 2.70 bits per heavy atom. The van der Waals surface area contributed by atoms with Crippen molar-refractivity contribution in [2.45, 2.75) is 0 Å². The van der Waals surface area contributed by atoms with Gasteiger partial charge in [-0.2, -0.15) is 0 Å². The second kappa shape index (κ2) is 4.62. The summed E-state index contributed by atoms with van der Waals surface area (Å²) in [5, 5.41) is 11.6. The van der Waals surface area contributed by atoms with Crippen LogP contribution in [-0.2, 0) is 0 Å². The standard InChI is InChI=1S/C15H10N2O3/c1-10(14-8-9-15(20-14)17(18)19)12-7-6-11-4-2-3-5-13(11)16-12/h2-9H,1H2. The summed E-state index contributed by atoms with van der Waals surface area (Å²) in [6.45, 7) is 3.90. The van der Waals surface area contributed by atoms with Crippen LogP contribution < -0.4 is 0 Å². The number of furan rings is 1. The van der Waals surface area contributed by atoms with Gasteiger partial charge in [0.1, 0.15) is 10.7 Å². The zero-order valence-corrected chi connectivity index (χ0v) is 10.4. The molecule has 20 heavy (non-hydrogen) atoms. The molecule has 5 nitrogen and oxygen atoms in total. The van der Waals surface area contributed by atoms with Crippen molar-refractivity contribution in [2.24, 2.45) is 0 Å². The summed E-state index contributed by atoms with van der Waals surface area (Å²) < 4.78 is 5.13. The molecule has 1 aromatic carbocycles. The Bertz CT molecular complexity index is 821. The number of nitrogens with zero attached hydrogens (tertiary/aromatic N) is 2. The van der Waals surface area contributed by atoms with Crippen LogP contribution in [0.1, 0.15) is 11.5 Å². The second-order valence-electron chi connectivity index (χ2n) is 4.26. The van der Waals surface area contributed by atoms with Crippen molar-refractivity contribution in [3.63, 3.8) is 0 Å². The van der Waals surface area contributed by atoms with Crippen LogP contribution in [0.2, 0.25) is 0 Å². The first kappa shape index (κ1) is 12.1. The first-order valence-electron chi connectivity index (χ1n) is 5.95. The average Bonchev–Trinajstić information content (AvgIpc) is 2.96. The monoisotopic (exact) mass is 266 g/mol. The smallest absolute Gasteiger partial charge is 0.401 e. The minimum Gasteiger partial charge on any atom is -0.401 e. The Hall–Kier alpha value is -2.95. The molecule has 5 heteroatoms. The van der Waals surface area contributed by atoms with Crippen molar-refractivity contribution in [3.05, 3.63) is 76.7 Å². The van der Waals surface area contributed by atoms with E-state index in [1.165, 1.54) is 12.1 Å². The second-order valence-corrected chi connectivity index (χ2v) is 4.26. The summed E-state index contributed by atoms with van der Waals surface area (Å²) in [7, 11) is 0. The Kier molecular flexibility index (Phi) is 2.80. The van der Waals surface area contributed by atoms with Crippen LogP contribution in [0.25, 0.3) is 16.5 Å². The van der Waals surface area contributed by atoms with Gasteiger partial charge >= 0.3 is 5.88 Å². The predicted octanol–water partition coefficient (Wildman–Crippen LogP) is 3.80. The molecular formula is C15H10N2O3. The lowest BCUT2D eigenvalue weighted by atomic mass is 10.1. The van der Waals surface area contributed by atoms with Gasteiger partial charge in [0.05, 0.1) is 17.3 Å². The summed E-state index contributed by atoms with van der Waals surface area (Å²) in [4.78, 5) is 14.5. The molecule has 0 atom stereocenters. The van der Waals surface area contributed by atoms with Crippen LogP contribution >= 0.6 is 0 Å². The number of pyridine rings is 1. The zero-order valence-electron chi connectivity index (χ0n) is 10.4. The fraction of sp³-hybridized carbons (Fsp3) is 0. The number of para-hydroxylation sites is 1. The van der Waals surface area contributed by atoms with Crippen LogP contribution in [0.3, 0.4) is 0 Å². The fourth-order valence-corrected chi connectivity index (χ4v) is 1.95. The van der Waals surface area contributed by atoms with Gasteiger partial charge in [-0.25, -0.2) is 4.98 Å². The molecule has 0 N–H and O–H groups in total. The fourth-order valence-electron chi connectivity index (χ4n) is 1.95. The van der Waals surface area contributed by atoms with Gasteiger partial charge in [-0.1, -0.05) is 30.8 Å². The number of hydrogen-bond donors (Lipinski definition) is 0. The van der Waals surface area contributed by atoms with Crippen molar-refractivity contribution in [1.82, 2.24) is 4.98 Å². The lowest BCUT2D eigenvalue weighted by Gasteiger charge is -2.03. The topological polar surface area (TPSA) is 69.2 Å². The summed E-state index contributed by atoms with van der Waals surface area (Å²) in [5.74, 6) is 0.0430. The molecule has 0 radical (unpaired) electrons.